The first-order valence-corrected chi connectivity index (χ1v) is 16.6. The molecule has 0 unspecified atom stereocenters. The lowest BCUT2D eigenvalue weighted by Gasteiger charge is -2.12. The van der Waals surface area contributed by atoms with E-state index in [1.165, 1.54) is 49.7 Å². The van der Waals surface area contributed by atoms with Crippen LogP contribution in [0, 0.1) is 0 Å². The molecule has 41 heavy (non-hydrogen) atoms. The van der Waals surface area contributed by atoms with Gasteiger partial charge < -0.3 is 5.32 Å². The number of sulfonamides is 1. The van der Waals surface area contributed by atoms with Crippen molar-refractivity contribution in [3.8, 4) is 5.69 Å². The van der Waals surface area contributed by atoms with E-state index in [4.69, 9.17) is 11.6 Å². The van der Waals surface area contributed by atoms with Crippen molar-refractivity contribution in [1.29, 1.82) is 0 Å². The maximum atomic E-state index is 12.8. The first-order valence-electron chi connectivity index (χ1n) is 12.0. The zero-order valence-electron chi connectivity index (χ0n) is 22.1. The van der Waals surface area contributed by atoms with Crippen molar-refractivity contribution < 1.29 is 18.0 Å². The van der Waals surface area contributed by atoms with Gasteiger partial charge >= 0.3 is 0 Å². The summed E-state index contributed by atoms with van der Waals surface area (Å²) in [6.45, 7) is 2.01. The number of benzene rings is 2. The van der Waals surface area contributed by atoms with Crippen LogP contribution in [0.15, 0.2) is 62.9 Å². The summed E-state index contributed by atoms with van der Waals surface area (Å²) >= 11 is 10.2. The fraction of sp³-hybridized carbons (Fsp3) is 0.250. The summed E-state index contributed by atoms with van der Waals surface area (Å²) in [5.41, 5.74) is 0.929. The van der Waals surface area contributed by atoms with Crippen LogP contribution in [-0.2, 0) is 21.4 Å². The van der Waals surface area contributed by atoms with E-state index < -0.39 is 15.9 Å². The quantitative estimate of drug-likeness (QED) is 0.171. The molecule has 17 heteroatoms. The molecule has 2 aromatic heterocycles. The van der Waals surface area contributed by atoms with Crippen LogP contribution in [0.4, 0.5) is 5.13 Å². The molecule has 0 saturated carbocycles. The molecule has 4 aromatic rings. The number of amides is 2. The van der Waals surface area contributed by atoms with Crippen LogP contribution in [-0.4, -0.2) is 75.1 Å². The Balaban J connectivity index is 1.47. The van der Waals surface area contributed by atoms with E-state index in [0.717, 1.165) is 26.2 Å². The number of nitrogens with one attached hydrogen (secondary N) is 2. The average molecular weight is 653 g/mol. The Kier molecular flexibility index (Phi) is 10.4. The van der Waals surface area contributed by atoms with Gasteiger partial charge in [0.2, 0.25) is 21.1 Å². The fourth-order valence-corrected chi connectivity index (χ4v) is 6.88. The third-order valence-corrected chi connectivity index (χ3v) is 10.2. The first kappa shape index (κ1) is 30.9. The highest BCUT2D eigenvalue weighted by atomic mass is 35.5. The predicted octanol–water partition coefficient (Wildman–Crippen LogP) is 3.80. The number of nitrogens with zero attached hydrogens (tertiary/aromatic N) is 6. The van der Waals surface area contributed by atoms with Gasteiger partial charge in [-0.15, -0.1) is 20.4 Å². The van der Waals surface area contributed by atoms with E-state index in [0.29, 0.717) is 26.8 Å². The minimum Gasteiger partial charge on any atom is -0.345 e. The van der Waals surface area contributed by atoms with Gasteiger partial charge in [-0.3, -0.25) is 19.5 Å². The number of hydrogen-bond donors (Lipinski definition) is 2. The molecule has 0 saturated heterocycles. The summed E-state index contributed by atoms with van der Waals surface area (Å²) < 4.78 is 28.2. The van der Waals surface area contributed by atoms with E-state index in [-0.39, 0.29) is 28.7 Å². The number of carbonyl (C=O) groups is 2. The molecule has 0 aliphatic rings. The smallest absolute Gasteiger partial charge is 0.251 e. The molecule has 2 heterocycles. The summed E-state index contributed by atoms with van der Waals surface area (Å²) in [7, 11) is -0.739. The van der Waals surface area contributed by atoms with Crippen LogP contribution in [0.25, 0.3) is 5.69 Å². The minimum absolute atomic E-state index is 0.00546. The lowest BCUT2D eigenvalue weighted by atomic mass is 10.2. The molecule has 0 atom stereocenters. The lowest BCUT2D eigenvalue weighted by molar-refractivity contribution is -0.113. The Labute approximate surface area is 254 Å². The van der Waals surface area contributed by atoms with Crippen molar-refractivity contribution in [3.63, 3.8) is 0 Å². The normalized spacial score (nSPS) is 11.5. The highest BCUT2D eigenvalue weighted by molar-refractivity contribution is 8.01. The maximum Gasteiger partial charge on any atom is 0.251 e. The second-order valence-electron chi connectivity index (χ2n) is 8.35. The molecule has 4 rings (SSSR count). The van der Waals surface area contributed by atoms with Crippen LogP contribution < -0.4 is 10.6 Å². The second-order valence-corrected chi connectivity index (χ2v) is 14.4. The zero-order valence-corrected chi connectivity index (χ0v) is 26.1. The summed E-state index contributed by atoms with van der Waals surface area (Å²) in [5.74, 6) is 0.581. The Morgan fingerprint density at radius 3 is 2.49 bits per heavy atom. The maximum absolute atomic E-state index is 12.8. The van der Waals surface area contributed by atoms with Crippen LogP contribution in [0.5, 0.6) is 0 Å². The minimum atomic E-state index is -3.61. The third kappa shape index (κ3) is 7.84. The highest BCUT2D eigenvalue weighted by Crippen LogP contribution is 2.27. The molecule has 0 aliphatic carbocycles. The van der Waals surface area contributed by atoms with Crippen molar-refractivity contribution in [2.24, 2.45) is 0 Å². The third-order valence-electron chi connectivity index (χ3n) is 5.32. The number of halogens is 1. The Morgan fingerprint density at radius 1 is 1.05 bits per heavy atom. The molecule has 0 bridgehead atoms. The molecule has 0 spiro atoms. The van der Waals surface area contributed by atoms with Crippen molar-refractivity contribution >= 4 is 73.4 Å². The van der Waals surface area contributed by atoms with Gasteiger partial charge in [0.05, 0.1) is 22.9 Å². The van der Waals surface area contributed by atoms with Gasteiger partial charge in [0.1, 0.15) is 0 Å². The molecule has 216 valence electrons. The lowest BCUT2D eigenvalue weighted by Crippen LogP contribution is -2.25. The van der Waals surface area contributed by atoms with Gasteiger partial charge in [-0.1, -0.05) is 59.5 Å². The van der Waals surface area contributed by atoms with Crippen LogP contribution >= 0.6 is 46.5 Å². The number of anilines is 1. The molecular formula is C24H25ClN8O4S4. The van der Waals surface area contributed by atoms with Gasteiger partial charge in [-0.05, 0) is 48.2 Å². The second kappa shape index (κ2) is 13.8. The van der Waals surface area contributed by atoms with Crippen molar-refractivity contribution in [1.82, 2.24) is 34.6 Å². The monoisotopic (exact) mass is 652 g/mol. The molecule has 12 nitrogen and oxygen atoms in total. The van der Waals surface area contributed by atoms with Gasteiger partial charge in [0.25, 0.3) is 5.91 Å². The number of hydrogen-bond acceptors (Lipinski definition) is 11. The van der Waals surface area contributed by atoms with Gasteiger partial charge in [-0.25, -0.2) is 12.7 Å². The molecule has 0 aliphatic heterocycles. The number of thioether (sulfide) groups is 2. The summed E-state index contributed by atoms with van der Waals surface area (Å²) in [6, 6.07) is 12.7. The Morgan fingerprint density at radius 2 is 1.80 bits per heavy atom. The zero-order chi connectivity index (χ0) is 29.6. The van der Waals surface area contributed by atoms with Crippen LogP contribution in [0.1, 0.15) is 23.1 Å². The SMILES string of the molecule is CCSc1nnc(NC(=O)CSc2nnc(CNC(=O)c3ccc(S(=O)(=O)N(C)C)cc3)n2-c2cccc(Cl)c2)s1. The van der Waals surface area contributed by atoms with Gasteiger partial charge in [0.15, 0.2) is 15.3 Å². The number of aromatic nitrogens is 5. The largest absolute Gasteiger partial charge is 0.345 e. The molecule has 2 N–H and O–H groups in total. The molecule has 2 aromatic carbocycles. The number of rotatable bonds is 12. The van der Waals surface area contributed by atoms with Gasteiger partial charge in [-0.2, -0.15) is 0 Å². The van der Waals surface area contributed by atoms with Gasteiger partial charge in [0, 0.05) is 24.7 Å². The topological polar surface area (TPSA) is 152 Å². The highest BCUT2D eigenvalue weighted by Gasteiger charge is 2.20. The van der Waals surface area contributed by atoms with Crippen molar-refractivity contribution in [3.05, 3.63) is 64.9 Å². The van der Waals surface area contributed by atoms with Crippen molar-refractivity contribution in [2.45, 2.75) is 27.9 Å². The van der Waals surface area contributed by atoms with E-state index in [9.17, 15) is 18.0 Å². The average Bonchev–Trinajstić information content (AvgIpc) is 3.57. The van der Waals surface area contributed by atoms with Crippen LogP contribution in [0.3, 0.4) is 0 Å². The molecular weight excluding hydrogens is 628 g/mol. The Hall–Kier alpha value is -3.02. The summed E-state index contributed by atoms with van der Waals surface area (Å²) in [5, 5.41) is 23.3. The number of carbonyl (C=O) groups excluding carboxylic acids is 2. The molecule has 2 amide bonds. The first-order chi connectivity index (χ1) is 19.6. The molecule has 0 radical (unpaired) electrons. The van der Waals surface area contributed by atoms with E-state index in [1.807, 2.05) is 13.0 Å². The van der Waals surface area contributed by atoms with Crippen molar-refractivity contribution in [2.75, 3.05) is 30.9 Å². The fourth-order valence-electron chi connectivity index (χ4n) is 3.36. The summed E-state index contributed by atoms with van der Waals surface area (Å²) in [4.78, 5) is 25.5. The Bertz CT molecular complexity index is 1640. The molecule has 0 fully saturated rings. The summed E-state index contributed by atoms with van der Waals surface area (Å²) in [6.07, 6.45) is 0. The van der Waals surface area contributed by atoms with E-state index >= 15 is 0 Å². The van der Waals surface area contributed by atoms with Crippen LogP contribution in [0.2, 0.25) is 5.02 Å². The standard InChI is InChI=1S/C24H25ClN8O4S4/c1-4-38-24-31-29-22(40-24)27-20(34)14-39-23-30-28-19(33(23)17-7-5-6-16(25)12-17)13-26-21(35)15-8-10-18(11-9-15)41(36,37)32(2)3/h5-12H,4,13-14H2,1-3H3,(H,26,35)(H,27,29,34). The van der Waals surface area contributed by atoms with E-state index in [1.54, 1.807) is 34.5 Å². The van der Waals surface area contributed by atoms with E-state index in [2.05, 4.69) is 31.0 Å². The predicted molar refractivity (Wildman–Crippen MR) is 161 cm³/mol.